The average molecular weight is 342 g/mol. The minimum Gasteiger partial charge on any atom is -0.481 e. The molecule has 5 nitrogen and oxygen atoms in total. The molecule has 1 aliphatic heterocycles. The first-order valence-electron chi connectivity index (χ1n) is 5.48. The van der Waals surface area contributed by atoms with Gasteiger partial charge in [-0.3, -0.25) is 4.79 Å². The zero-order chi connectivity index (χ0) is 14.0. The minimum absolute atomic E-state index is 0.166. The van der Waals surface area contributed by atoms with Crippen LogP contribution in [-0.4, -0.2) is 47.9 Å². The van der Waals surface area contributed by atoms with Gasteiger partial charge >= 0.3 is 5.97 Å². The highest BCUT2D eigenvalue weighted by molar-refractivity contribution is 7.99. The highest BCUT2D eigenvalue weighted by atomic mass is 35.5. The summed E-state index contributed by atoms with van der Waals surface area (Å²) < 4.78 is 26.8. The van der Waals surface area contributed by atoms with E-state index in [2.05, 4.69) is 0 Å². The summed E-state index contributed by atoms with van der Waals surface area (Å²) in [5.74, 6) is 0.191. The molecule has 1 fully saturated rings. The van der Waals surface area contributed by atoms with Crippen LogP contribution in [0.5, 0.6) is 0 Å². The fourth-order valence-corrected chi connectivity index (χ4v) is 6.38. The molecule has 0 bridgehead atoms. The summed E-state index contributed by atoms with van der Waals surface area (Å²) in [5.41, 5.74) is 0. The van der Waals surface area contributed by atoms with Crippen molar-refractivity contribution in [3.63, 3.8) is 0 Å². The summed E-state index contributed by atoms with van der Waals surface area (Å²) in [4.78, 5) is 10.8. The van der Waals surface area contributed by atoms with Crippen LogP contribution in [0.25, 0.3) is 0 Å². The lowest BCUT2D eigenvalue weighted by Crippen LogP contribution is -2.46. The Balaban J connectivity index is 2.28. The number of aliphatic carboxylic acids is 1. The zero-order valence-electron chi connectivity index (χ0n) is 9.78. The summed E-state index contributed by atoms with van der Waals surface area (Å²) in [7, 11) is -3.65. The summed E-state index contributed by atoms with van der Waals surface area (Å²) in [6.45, 7) is 0.334. The van der Waals surface area contributed by atoms with Crippen LogP contribution < -0.4 is 0 Å². The van der Waals surface area contributed by atoms with Gasteiger partial charge in [0.1, 0.15) is 4.21 Å². The maximum absolute atomic E-state index is 12.5. The number of halogens is 1. The van der Waals surface area contributed by atoms with Crippen LogP contribution in [0, 0.1) is 0 Å². The molecule has 2 heterocycles. The molecule has 1 N–H and O–H groups in total. The fourth-order valence-electron chi connectivity index (χ4n) is 1.87. The largest absolute Gasteiger partial charge is 0.481 e. The van der Waals surface area contributed by atoms with Crippen LogP contribution in [0.1, 0.15) is 6.42 Å². The lowest BCUT2D eigenvalue weighted by Gasteiger charge is -2.33. The number of carboxylic acid groups (broad SMARTS) is 1. The Morgan fingerprint density at radius 2 is 2.26 bits per heavy atom. The Bertz CT molecular complexity index is 571. The van der Waals surface area contributed by atoms with Gasteiger partial charge in [-0.15, -0.1) is 11.3 Å². The minimum atomic E-state index is -3.65. The number of hydrogen-bond acceptors (Lipinski definition) is 5. The summed E-state index contributed by atoms with van der Waals surface area (Å²) in [6.07, 6.45) is -0.175. The molecule has 1 saturated heterocycles. The van der Waals surface area contributed by atoms with Gasteiger partial charge in [0, 0.05) is 24.1 Å². The number of carboxylic acids is 1. The number of sulfonamides is 1. The van der Waals surface area contributed by atoms with E-state index >= 15 is 0 Å². The molecular weight excluding hydrogens is 330 g/mol. The van der Waals surface area contributed by atoms with Gasteiger partial charge in [-0.1, -0.05) is 11.6 Å². The molecule has 2 rings (SSSR count). The van der Waals surface area contributed by atoms with Crippen LogP contribution in [0.15, 0.2) is 16.3 Å². The highest BCUT2D eigenvalue weighted by Crippen LogP contribution is 2.31. The first-order chi connectivity index (χ1) is 8.91. The van der Waals surface area contributed by atoms with Crippen molar-refractivity contribution >= 4 is 50.7 Å². The Morgan fingerprint density at radius 3 is 2.84 bits per heavy atom. The monoisotopic (exact) mass is 341 g/mol. The van der Waals surface area contributed by atoms with E-state index in [-0.39, 0.29) is 10.6 Å². The van der Waals surface area contributed by atoms with Crippen LogP contribution in [0.3, 0.4) is 0 Å². The van der Waals surface area contributed by atoms with Gasteiger partial charge in [-0.25, -0.2) is 8.42 Å². The number of nitrogens with zero attached hydrogens (tertiary/aromatic N) is 1. The van der Waals surface area contributed by atoms with Gasteiger partial charge in [0.25, 0.3) is 10.0 Å². The molecule has 0 radical (unpaired) electrons. The van der Waals surface area contributed by atoms with Gasteiger partial charge in [0.15, 0.2) is 0 Å². The number of thioether (sulfide) groups is 1. The molecule has 0 amide bonds. The van der Waals surface area contributed by atoms with E-state index in [1.165, 1.54) is 16.4 Å². The van der Waals surface area contributed by atoms with Crippen molar-refractivity contribution < 1.29 is 18.3 Å². The third-order valence-electron chi connectivity index (χ3n) is 2.70. The fraction of sp³-hybridized carbons (Fsp3) is 0.500. The molecule has 1 unspecified atom stereocenters. The van der Waals surface area contributed by atoms with Crippen molar-refractivity contribution in [2.24, 2.45) is 0 Å². The molecule has 1 atom stereocenters. The van der Waals surface area contributed by atoms with E-state index in [1.807, 2.05) is 0 Å². The third kappa shape index (κ3) is 3.43. The Labute approximate surface area is 124 Å². The van der Waals surface area contributed by atoms with E-state index in [9.17, 15) is 13.2 Å². The Hall–Kier alpha value is -0.280. The number of hydrogen-bond donors (Lipinski definition) is 1. The predicted molar refractivity (Wildman–Crippen MR) is 76.6 cm³/mol. The Morgan fingerprint density at radius 1 is 1.53 bits per heavy atom. The second-order valence-corrected chi connectivity index (χ2v) is 8.98. The van der Waals surface area contributed by atoms with Gasteiger partial charge in [-0.05, 0) is 12.1 Å². The summed E-state index contributed by atoms with van der Waals surface area (Å²) in [5, 5.41) is 8.87. The van der Waals surface area contributed by atoms with Crippen molar-refractivity contribution in [2.75, 3.05) is 18.1 Å². The second kappa shape index (κ2) is 6.01. The van der Waals surface area contributed by atoms with E-state index in [4.69, 9.17) is 16.7 Å². The number of rotatable bonds is 4. The van der Waals surface area contributed by atoms with Crippen LogP contribution in [-0.2, 0) is 14.8 Å². The van der Waals surface area contributed by atoms with E-state index in [1.54, 1.807) is 11.8 Å². The van der Waals surface area contributed by atoms with Crippen molar-refractivity contribution in [3.8, 4) is 0 Å². The van der Waals surface area contributed by atoms with E-state index in [0.29, 0.717) is 22.4 Å². The highest BCUT2D eigenvalue weighted by Gasteiger charge is 2.35. The SMILES string of the molecule is O=C(O)CC1CSCCN1S(=O)(=O)c1ccc(Cl)s1. The molecule has 19 heavy (non-hydrogen) atoms. The van der Waals surface area contributed by atoms with Gasteiger partial charge in [0.05, 0.1) is 10.8 Å². The normalized spacial score (nSPS) is 21.4. The zero-order valence-corrected chi connectivity index (χ0v) is 13.0. The summed E-state index contributed by atoms with van der Waals surface area (Å²) in [6, 6.07) is 2.49. The van der Waals surface area contributed by atoms with Crippen LogP contribution in [0.4, 0.5) is 0 Å². The standard InChI is InChI=1S/C10H12ClNO4S3/c11-8-1-2-10(18-8)19(15,16)12-3-4-17-6-7(12)5-9(13)14/h1-2,7H,3-6H2,(H,13,14). The van der Waals surface area contributed by atoms with E-state index < -0.39 is 22.0 Å². The van der Waals surface area contributed by atoms with Gasteiger partial charge in [0.2, 0.25) is 0 Å². The van der Waals surface area contributed by atoms with Crippen molar-refractivity contribution in [1.82, 2.24) is 4.31 Å². The van der Waals surface area contributed by atoms with Crippen molar-refractivity contribution in [2.45, 2.75) is 16.7 Å². The predicted octanol–water partition coefficient (Wildman–Crippen LogP) is 1.98. The average Bonchev–Trinajstić information content (AvgIpc) is 2.76. The topological polar surface area (TPSA) is 74.7 Å². The first-order valence-corrected chi connectivity index (χ1v) is 9.27. The molecule has 0 aliphatic carbocycles. The van der Waals surface area contributed by atoms with Crippen LogP contribution in [0.2, 0.25) is 4.34 Å². The molecular formula is C10H12ClNO4S3. The molecule has 1 aromatic heterocycles. The van der Waals surface area contributed by atoms with E-state index in [0.717, 1.165) is 11.3 Å². The molecule has 0 aromatic carbocycles. The number of thiophene rings is 1. The maximum Gasteiger partial charge on any atom is 0.305 e. The molecule has 106 valence electrons. The van der Waals surface area contributed by atoms with Gasteiger partial charge in [-0.2, -0.15) is 16.1 Å². The van der Waals surface area contributed by atoms with Crippen LogP contribution >= 0.6 is 34.7 Å². The first kappa shape index (κ1) is 15.1. The second-order valence-electron chi connectivity index (χ2n) is 4.00. The Kier molecular flexibility index (Phi) is 4.78. The lowest BCUT2D eigenvalue weighted by molar-refractivity contribution is -0.137. The molecule has 9 heteroatoms. The van der Waals surface area contributed by atoms with Crippen molar-refractivity contribution in [1.29, 1.82) is 0 Å². The van der Waals surface area contributed by atoms with Gasteiger partial charge < -0.3 is 5.11 Å². The molecule has 1 aromatic rings. The quantitative estimate of drug-likeness (QED) is 0.906. The molecule has 0 spiro atoms. The van der Waals surface area contributed by atoms with Crippen molar-refractivity contribution in [3.05, 3.63) is 16.5 Å². The maximum atomic E-state index is 12.5. The smallest absolute Gasteiger partial charge is 0.305 e. The third-order valence-corrected chi connectivity index (χ3v) is 7.44. The molecule has 0 saturated carbocycles. The summed E-state index contributed by atoms with van der Waals surface area (Å²) >= 11 is 8.33. The molecule has 1 aliphatic rings. The number of carbonyl (C=O) groups is 1. The lowest BCUT2D eigenvalue weighted by atomic mass is 10.2.